The molecule has 0 aromatic heterocycles. The SMILES string of the molecule is COc1cc2c(cc1OC)[C@@H]1C[C@H]2C[C@H]1N. The van der Waals surface area contributed by atoms with Crippen LogP contribution in [0.3, 0.4) is 0 Å². The number of methoxy groups -OCH3 is 2. The number of benzene rings is 1. The fourth-order valence-corrected chi connectivity index (χ4v) is 3.27. The van der Waals surface area contributed by atoms with E-state index in [0.29, 0.717) is 17.9 Å². The first-order valence-corrected chi connectivity index (χ1v) is 5.76. The van der Waals surface area contributed by atoms with Gasteiger partial charge in [-0.25, -0.2) is 0 Å². The summed E-state index contributed by atoms with van der Waals surface area (Å²) >= 11 is 0. The molecule has 0 heterocycles. The first-order chi connectivity index (χ1) is 7.74. The Morgan fingerprint density at radius 3 is 2.31 bits per heavy atom. The predicted octanol–water partition coefficient (Wildman–Crippen LogP) is 2.01. The van der Waals surface area contributed by atoms with Crippen LogP contribution in [0, 0.1) is 0 Å². The second-order valence-corrected chi connectivity index (χ2v) is 4.77. The van der Waals surface area contributed by atoms with Crippen molar-refractivity contribution >= 4 is 0 Å². The molecule has 0 spiro atoms. The second-order valence-electron chi connectivity index (χ2n) is 4.77. The molecule has 0 saturated heterocycles. The Labute approximate surface area is 95.5 Å². The summed E-state index contributed by atoms with van der Waals surface area (Å²) in [6, 6.07) is 4.57. The average Bonchev–Trinajstić information content (AvgIpc) is 2.84. The highest BCUT2D eigenvalue weighted by Crippen LogP contribution is 2.54. The van der Waals surface area contributed by atoms with Crippen molar-refractivity contribution in [3.8, 4) is 11.5 Å². The third kappa shape index (κ3) is 1.18. The van der Waals surface area contributed by atoms with Gasteiger partial charge in [-0.05, 0) is 42.0 Å². The second kappa shape index (κ2) is 3.39. The maximum atomic E-state index is 6.12. The Kier molecular flexibility index (Phi) is 2.11. The Bertz CT molecular complexity index is 430. The molecule has 2 bridgehead atoms. The van der Waals surface area contributed by atoms with E-state index in [2.05, 4.69) is 12.1 Å². The monoisotopic (exact) mass is 219 g/mol. The lowest BCUT2D eigenvalue weighted by Crippen LogP contribution is -2.25. The van der Waals surface area contributed by atoms with Crippen LogP contribution in [0.2, 0.25) is 0 Å². The van der Waals surface area contributed by atoms with Gasteiger partial charge in [0.15, 0.2) is 11.5 Å². The van der Waals surface area contributed by atoms with Gasteiger partial charge in [0.05, 0.1) is 14.2 Å². The van der Waals surface area contributed by atoms with E-state index in [9.17, 15) is 0 Å². The van der Waals surface area contributed by atoms with E-state index in [1.54, 1.807) is 14.2 Å². The summed E-state index contributed by atoms with van der Waals surface area (Å²) in [7, 11) is 3.36. The molecule has 0 radical (unpaired) electrons. The largest absolute Gasteiger partial charge is 0.493 e. The van der Waals surface area contributed by atoms with Crippen LogP contribution in [0.15, 0.2) is 12.1 Å². The van der Waals surface area contributed by atoms with Crippen molar-refractivity contribution in [2.75, 3.05) is 14.2 Å². The van der Waals surface area contributed by atoms with Crippen LogP contribution < -0.4 is 15.2 Å². The van der Waals surface area contributed by atoms with E-state index in [1.807, 2.05) is 0 Å². The molecule has 3 heteroatoms. The van der Waals surface area contributed by atoms with Gasteiger partial charge in [-0.2, -0.15) is 0 Å². The molecule has 1 saturated carbocycles. The summed E-state index contributed by atoms with van der Waals surface area (Å²) in [5, 5.41) is 0. The molecule has 2 aliphatic rings. The number of fused-ring (bicyclic) bond motifs is 5. The van der Waals surface area contributed by atoms with E-state index < -0.39 is 0 Å². The summed E-state index contributed by atoms with van der Waals surface area (Å²) in [5.41, 5.74) is 8.92. The Hall–Kier alpha value is -1.22. The molecule has 1 fully saturated rings. The van der Waals surface area contributed by atoms with Gasteiger partial charge in [0.25, 0.3) is 0 Å². The van der Waals surface area contributed by atoms with E-state index >= 15 is 0 Å². The number of ether oxygens (including phenoxy) is 2. The molecular formula is C13H17NO2. The smallest absolute Gasteiger partial charge is 0.161 e. The minimum Gasteiger partial charge on any atom is -0.493 e. The fourth-order valence-electron chi connectivity index (χ4n) is 3.27. The van der Waals surface area contributed by atoms with Gasteiger partial charge in [0.1, 0.15) is 0 Å². The molecule has 1 aromatic carbocycles. The molecule has 3 nitrogen and oxygen atoms in total. The van der Waals surface area contributed by atoms with Crippen molar-refractivity contribution in [3.63, 3.8) is 0 Å². The Morgan fingerprint density at radius 2 is 1.69 bits per heavy atom. The van der Waals surface area contributed by atoms with Gasteiger partial charge in [0.2, 0.25) is 0 Å². The highest BCUT2D eigenvalue weighted by atomic mass is 16.5. The Balaban J connectivity index is 2.11. The first kappa shape index (κ1) is 9.97. The fraction of sp³-hybridized carbons (Fsp3) is 0.538. The lowest BCUT2D eigenvalue weighted by atomic mass is 9.88. The highest BCUT2D eigenvalue weighted by molar-refractivity contribution is 5.54. The minimum atomic E-state index is 0.329. The van der Waals surface area contributed by atoms with E-state index in [1.165, 1.54) is 17.5 Å². The summed E-state index contributed by atoms with van der Waals surface area (Å²) in [5.74, 6) is 2.82. The molecule has 2 N–H and O–H groups in total. The number of hydrogen-bond acceptors (Lipinski definition) is 3. The third-order valence-corrected chi connectivity index (χ3v) is 4.04. The zero-order chi connectivity index (χ0) is 11.3. The number of nitrogens with two attached hydrogens (primary N) is 1. The maximum Gasteiger partial charge on any atom is 0.161 e. The minimum absolute atomic E-state index is 0.329. The summed E-state index contributed by atoms with van der Waals surface area (Å²) in [6.45, 7) is 0. The normalized spacial score (nSPS) is 30.3. The first-order valence-electron chi connectivity index (χ1n) is 5.76. The molecule has 0 amide bonds. The van der Waals surface area contributed by atoms with Crippen molar-refractivity contribution < 1.29 is 9.47 Å². The van der Waals surface area contributed by atoms with Gasteiger partial charge in [-0.1, -0.05) is 0 Å². The standard InChI is InChI=1S/C13H17NO2/c1-15-12-5-8-7-3-10(11(14)4-7)9(8)6-13(12)16-2/h5-7,10-11H,3-4,14H2,1-2H3/t7-,10-,11+/m0/s1. The number of rotatable bonds is 2. The van der Waals surface area contributed by atoms with Crippen LogP contribution in [0.5, 0.6) is 11.5 Å². The van der Waals surface area contributed by atoms with Gasteiger partial charge in [-0.15, -0.1) is 0 Å². The van der Waals surface area contributed by atoms with Gasteiger partial charge >= 0.3 is 0 Å². The molecule has 3 atom stereocenters. The average molecular weight is 219 g/mol. The molecule has 0 unspecified atom stereocenters. The van der Waals surface area contributed by atoms with Crippen molar-refractivity contribution in [2.24, 2.45) is 5.73 Å². The van der Waals surface area contributed by atoms with Gasteiger partial charge < -0.3 is 15.2 Å². The zero-order valence-corrected chi connectivity index (χ0v) is 9.69. The lowest BCUT2D eigenvalue weighted by Gasteiger charge is -2.22. The summed E-state index contributed by atoms with van der Waals surface area (Å²) in [6.07, 6.45) is 2.32. The van der Waals surface area contributed by atoms with Crippen LogP contribution in [0.4, 0.5) is 0 Å². The quantitative estimate of drug-likeness (QED) is 0.827. The molecule has 3 rings (SSSR count). The molecule has 16 heavy (non-hydrogen) atoms. The number of hydrogen-bond donors (Lipinski definition) is 1. The molecule has 1 aromatic rings. The zero-order valence-electron chi connectivity index (χ0n) is 9.69. The molecular weight excluding hydrogens is 202 g/mol. The summed E-state index contributed by atoms with van der Waals surface area (Å²) in [4.78, 5) is 0. The van der Waals surface area contributed by atoms with Crippen molar-refractivity contribution in [1.82, 2.24) is 0 Å². The lowest BCUT2D eigenvalue weighted by molar-refractivity contribution is 0.353. The maximum absolute atomic E-state index is 6.12. The van der Waals surface area contributed by atoms with Gasteiger partial charge in [0, 0.05) is 12.0 Å². The summed E-state index contributed by atoms with van der Waals surface area (Å²) < 4.78 is 10.7. The molecule has 0 aliphatic heterocycles. The van der Waals surface area contributed by atoms with Gasteiger partial charge in [-0.3, -0.25) is 0 Å². The van der Waals surface area contributed by atoms with Crippen molar-refractivity contribution in [1.29, 1.82) is 0 Å². The van der Waals surface area contributed by atoms with Crippen LogP contribution in [0.25, 0.3) is 0 Å². The van der Waals surface area contributed by atoms with Crippen LogP contribution in [0.1, 0.15) is 35.8 Å². The van der Waals surface area contributed by atoms with Crippen molar-refractivity contribution in [3.05, 3.63) is 23.3 Å². The van der Waals surface area contributed by atoms with Crippen LogP contribution in [-0.4, -0.2) is 20.3 Å². The Morgan fingerprint density at radius 1 is 1.06 bits per heavy atom. The van der Waals surface area contributed by atoms with E-state index in [-0.39, 0.29) is 0 Å². The van der Waals surface area contributed by atoms with Crippen LogP contribution >= 0.6 is 0 Å². The van der Waals surface area contributed by atoms with E-state index in [4.69, 9.17) is 15.2 Å². The van der Waals surface area contributed by atoms with Crippen molar-refractivity contribution in [2.45, 2.75) is 30.7 Å². The highest BCUT2D eigenvalue weighted by Gasteiger charge is 2.42. The molecule has 2 aliphatic carbocycles. The van der Waals surface area contributed by atoms with E-state index in [0.717, 1.165) is 17.9 Å². The van der Waals surface area contributed by atoms with Crippen LogP contribution in [-0.2, 0) is 0 Å². The predicted molar refractivity (Wildman–Crippen MR) is 62.2 cm³/mol. The topological polar surface area (TPSA) is 44.5 Å². The third-order valence-electron chi connectivity index (χ3n) is 4.04. The molecule has 86 valence electrons.